The van der Waals surface area contributed by atoms with Gasteiger partial charge in [-0.25, -0.2) is 4.98 Å². The van der Waals surface area contributed by atoms with E-state index in [1.54, 1.807) is 28.8 Å². The number of hydrogen-bond donors (Lipinski definition) is 2. The Balaban J connectivity index is 1.61. The number of aromatic nitrogens is 2. The van der Waals surface area contributed by atoms with Crippen molar-refractivity contribution in [2.75, 3.05) is 6.54 Å². The fourth-order valence-corrected chi connectivity index (χ4v) is 5.42. The lowest BCUT2D eigenvalue weighted by molar-refractivity contribution is -0.176. The Morgan fingerprint density at radius 1 is 1.19 bits per heavy atom. The van der Waals surface area contributed by atoms with Crippen molar-refractivity contribution in [1.82, 2.24) is 24.9 Å². The first kappa shape index (κ1) is 26.4. The summed E-state index contributed by atoms with van der Waals surface area (Å²) in [4.78, 5) is 44.4. The summed E-state index contributed by atoms with van der Waals surface area (Å²) in [5.74, 6) is -3.87. The van der Waals surface area contributed by atoms with Crippen molar-refractivity contribution >= 4 is 23.2 Å². The van der Waals surface area contributed by atoms with Crippen molar-refractivity contribution in [2.45, 2.75) is 58.9 Å². The van der Waals surface area contributed by atoms with Crippen LogP contribution < -0.4 is 10.6 Å². The smallest absolute Gasteiger partial charge is 0.336 e. The molecule has 1 aliphatic carbocycles. The number of nitrogens with zero attached hydrogens (tertiary/aromatic N) is 4. The van der Waals surface area contributed by atoms with Crippen LogP contribution in [0.25, 0.3) is 5.52 Å². The molecule has 1 saturated carbocycles. The number of amides is 3. The van der Waals surface area contributed by atoms with Gasteiger partial charge >= 0.3 is 12.1 Å². The number of nitrogens with one attached hydrogen (secondary N) is 2. The summed E-state index contributed by atoms with van der Waals surface area (Å²) < 4.78 is 40.7. The monoisotopic (exact) mass is 518 g/mol. The number of likely N-dealkylation sites (tertiary alicyclic amines) is 1. The SMILES string of the molecule is CC(C)(C)C(NC(=O)C(F)(F)F)C(=O)N1C[C@H]2[C@@H]([C@H]1C(=O)NC(C#N)c1ncn3ccccc13)C2(C)C. The van der Waals surface area contributed by atoms with Crippen LogP contribution >= 0.6 is 0 Å². The molecule has 1 aliphatic heterocycles. The molecular formula is C25H29F3N6O3. The lowest BCUT2D eigenvalue weighted by Crippen LogP contribution is -2.60. The summed E-state index contributed by atoms with van der Waals surface area (Å²) in [7, 11) is 0. The Bertz CT molecular complexity index is 1290. The third-order valence-corrected chi connectivity index (χ3v) is 7.57. The molecule has 0 radical (unpaired) electrons. The van der Waals surface area contributed by atoms with Gasteiger partial charge in [0.1, 0.15) is 17.8 Å². The van der Waals surface area contributed by atoms with E-state index < -0.39 is 47.4 Å². The largest absolute Gasteiger partial charge is 0.471 e. The molecule has 198 valence electrons. The molecule has 2 aliphatic rings. The van der Waals surface area contributed by atoms with Crippen molar-refractivity contribution in [3.8, 4) is 6.07 Å². The zero-order valence-corrected chi connectivity index (χ0v) is 21.1. The molecule has 1 saturated heterocycles. The highest BCUT2D eigenvalue weighted by molar-refractivity contribution is 5.95. The molecule has 9 nitrogen and oxygen atoms in total. The van der Waals surface area contributed by atoms with Gasteiger partial charge in [0.05, 0.1) is 17.9 Å². The van der Waals surface area contributed by atoms with Crippen LogP contribution in [0.2, 0.25) is 0 Å². The second-order valence-corrected chi connectivity index (χ2v) is 11.4. The topological polar surface area (TPSA) is 120 Å². The normalized spacial score (nSPS) is 24.1. The Kier molecular flexibility index (Phi) is 6.25. The van der Waals surface area contributed by atoms with Crippen LogP contribution in [0, 0.1) is 34.0 Å². The minimum absolute atomic E-state index is 0.0416. The molecule has 2 N–H and O–H groups in total. The van der Waals surface area contributed by atoms with Crippen molar-refractivity contribution in [3.05, 3.63) is 36.4 Å². The van der Waals surface area contributed by atoms with E-state index in [0.29, 0.717) is 11.2 Å². The first-order valence-electron chi connectivity index (χ1n) is 11.9. The Hall–Kier alpha value is -3.62. The van der Waals surface area contributed by atoms with Crippen LogP contribution in [0.3, 0.4) is 0 Å². The number of piperidine rings is 1. The van der Waals surface area contributed by atoms with Crippen LogP contribution in [0.1, 0.15) is 46.4 Å². The number of carbonyl (C=O) groups excluding carboxylic acids is 3. The van der Waals surface area contributed by atoms with Gasteiger partial charge in [0, 0.05) is 12.7 Å². The van der Waals surface area contributed by atoms with E-state index in [2.05, 4.69) is 10.3 Å². The minimum Gasteiger partial charge on any atom is -0.336 e. The summed E-state index contributed by atoms with van der Waals surface area (Å²) in [6.45, 7) is 8.70. The number of alkyl halides is 3. The maximum absolute atomic E-state index is 13.6. The van der Waals surface area contributed by atoms with Crippen LogP contribution in [0.4, 0.5) is 13.2 Å². The van der Waals surface area contributed by atoms with Gasteiger partial charge in [0.2, 0.25) is 11.8 Å². The molecule has 12 heteroatoms. The predicted molar refractivity (Wildman–Crippen MR) is 125 cm³/mol. The van der Waals surface area contributed by atoms with Gasteiger partial charge in [-0.05, 0) is 34.8 Å². The van der Waals surface area contributed by atoms with E-state index in [4.69, 9.17) is 0 Å². The lowest BCUT2D eigenvalue weighted by atomic mass is 9.85. The van der Waals surface area contributed by atoms with Crippen molar-refractivity contribution in [2.24, 2.45) is 22.7 Å². The van der Waals surface area contributed by atoms with E-state index >= 15 is 0 Å². The molecule has 3 amide bonds. The fraction of sp³-hybridized carbons (Fsp3) is 0.560. The average molecular weight is 519 g/mol. The number of nitriles is 1. The fourth-order valence-electron chi connectivity index (χ4n) is 5.42. The van der Waals surface area contributed by atoms with Crippen LogP contribution in [0.15, 0.2) is 30.7 Å². The summed E-state index contributed by atoms with van der Waals surface area (Å²) in [5.41, 5.74) is -0.370. The van der Waals surface area contributed by atoms with Gasteiger partial charge < -0.3 is 19.9 Å². The molecule has 2 aromatic rings. The molecular weight excluding hydrogens is 489 g/mol. The number of rotatable bonds is 5. The van der Waals surface area contributed by atoms with Gasteiger partial charge in [-0.2, -0.15) is 18.4 Å². The number of hydrogen-bond acceptors (Lipinski definition) is 5. The van der Waals surface area contributed by atoms with Crippen LogP contribution in [-0.4, -0.2) is 56.8 Å². The number of halogens is 3. The average Bonchev–Trinajstić information content (AvgIpc) is 3.19. The predicted octanol–water partition coefficient (Wildman–Crippen LogP) is 2.59. The van der Waals surface area contributed by atoms with Gasteiger partial charge in [0.15, 0.2) is 6.04 Å². The molecule has 0 bridgehead atoms. The zero-order chi connectivity index (χ0) is 27.5. The molecule has 2 unspecified atom stereocenters. The number of imidazole rings is 1. The van der Waals surface area contributed by atoms with Crippen LogP contribution in [0.5, 0.6) is 0 Å². The summed E-state index contributed by atoms with van der Waals surface area (Å²) >= 11 is 0. The zero-order valence-electron chi connectivity index (χ0n) is 21.1. The Labute approximate surface area is 212 Å². The van der Waals surface area contributed by atoms with Crippen molar-refractivity contribution in [1.29, 1.82) is 5.26 Å². The van der Waals surface area contributed by atoms with Gasteiger partial charge in [-0.15, -0.1) is 0 Å². The van der Waals surface area contributed by atoms with Crippen LogP contribution in [-0.2, 0) is 14.4 Å². The molecule has 0 aromatic carbocycles. The molecule has 2 fully saturated rings. The molecule has 3 heterocycles. The van der Waals surface area contributed by atoms with E-state index in [0.717, 1.165) is 0 Å². The molecule has 0 spiro atoms. The van der Waals surface area contributed by atoms with Gasteiger partial charge in [-0.1, -0.05) is 40.7 Å². The minimum atomic E-state index is -5.16. The number of pyridine rings is 1. The highest BCUT2D eigenvalue weighted by Crippen LogP contribution is 2.65. The summed E-state index contributed by atoms with van der Waals surface area (Å²) in [6, 6.07) is 3.72. The number of carbonyl (C=O) groups is 3. The first-order chi connectivity index (χ1) is 17.1. The van der Waals surface area contributed by atoms with E-state index in [9.17, 15) is 32.8 Å². The third kappa shape index (κ3) is 4.63. The Morgan fingerprint density at radius 2 is 1.86 bits per heavy atom. The molecule has 5 atom stereocenters. The highest BCUT2D eigenvalue weighted by atomic mass is 19.4. The molecule has 37 heavy (non-hydrogen) atoms. The summed E-state index contributed by atoms with van der Waals surface area (Å²) in [6.07, 6.45) is -1.90. The Morgan fingerprint density at radius 3 is 2.46 bits per heavy atom. The lowest BCUT2D eigenvalue weighted by Gasteiger charge is -2.37. The highest BCUT2D eigenvalue weighted by Gasteiger charge is 2.70. The van der Waals surface area contributed by atoms with Gasteiger partial charge in [0.25, 0.3) is 0 Å². The van der Waals surface area contributed by atoms with E-state index in [-0.39, 0.29) is 23.8 Å². The van der Waals surface area contributed by atoms with E-state index in [1.807, 2.05) is 25.2 Å². The summed E-state index contributed by atoms with van der Waals surface area (Å²) in [5, 5.41) is 14.3. The standard InChI is InChI=1S/C25H29F3N6O3/c1-23(2,3)19(32-22(37)25(26,27)28)21(36)34-11-13-16(24(13,4)5)18(34)20(35)31-14(10-29)17-15-8-6-7-9-33(15)12-30-17/h6-9,12-14,16,18-19H,11H2,1-5H3,(H,31,35)(H,32,37)/t13-,14?,16-,18-,19?/m0/s1. The van der Waals surface area contributed by atoms with Crippen molar-refractivity contribution < 1.29 is 27.6 Å². The molecule has 4 rings (SSSR count). The second kappa shape index (κ2) is 8.75. The molecule has 2 aromatic heterocycles. The quantitative estimate of drug-likeness (QED) is 0.631. The van der Waals surface area contributed by atoms with Gasteiger partial charge in [-0.3, -0.25) is 14.4 Å². The van der Waals surface area contributed by atoms with E-state index in [1.165, 1.54) is 32.0 Å². The third-order valence-electron chi connectivity index (χ3n) is 7.57. The second-order valence-electron chi connectivity index (χ2n) is 11.4. The maximum Gasteiger partial charge on any atom is 0.471 e. The first-order valence-corrected chi connectivity index (χ1v) is 11.9. The van der Waals surface area contributed by atoms with Crippen molar-refractivity contribution in [3.63, 3.8) is 0 Å². The maximum atomic E-state index is 13.6. The number of fused-ring (bicyclic) bond motifs is 2.